The third kappa shape index (κ3) is 2.82. The van der Waals surface area contributed by atoms with Gasteiger partial charge in [-0.3, -0.25) is 4.68 Å². The van der Waals surface area contributed by atoms with Crippen molar-refractivity contribution in [2.24, 2.45) is 0 Å². The highest BCUT2D eigenvalue weighted by atomic mass is 32.1. The molecule has 0 spiro atoms. The monoisotopic (exact) mass is 257 g/mol. The molecule has 2 aromatic rings. The van der Waals surface area contributed by atoms with E-state index in [-0.39, 0.29) is 11.7 Å². The normalized spacial score (nSPS) is 10.8. The van der Waals surface area contributed by atoms with Crippen molar-refractivity contribution in [3.8, 4) is 0 Å². The Morgan fingerprint density at radius 2 is 2.29 bits per heavy atom. The standard InChI is InChI=1S/C11H13F2N3S/c1-8-10(7-15-16(8)5-4-12)14-6-9-2-3-11(13)17-9/h2-3,7,14H,4-6H2,1H3. The fraction of sp³-hybridized carbons (Fsp3) is 0.364. The molecule has 0 bridgehead atoms. The Kier molecular flexibility index (Phi) is 3.73. The number of hydrogen-bond donors (Lipinski definition) is 1. The van der Waals surface area contributed by atoms with Crippen LogP contribution >= 0.6 is 11.3 Å². The molecule has 1 N–H and O–H groups in total. The molecule has 0 atom stereocenters. The number of hydrogen-bond acceptors (Lipinski definition) is 3. The summed E-state index contributed by atoms with van der Waals surface area (Å²) >= 11 is 1.11. The SMILES string of the molecule is Cc1c(NCc2ccc(F)s2)cnn1CCF. The van der Waals surface area contributed by atoms with Crippen molar-refractivity contribution in [1.82, 2.24) is 9.78 Å². The van der Waals surface area contributed by atoms with Gasteiger partial charge in [0.25, 0.3) is 0 Å². The minimum absolute atomic E-state index is 0.188. The zero-order chi connectivity index (χ0) is 12.3. The lowest BCUT2D eigenvalue weighted by Gasteiger charge is -2.04. The minimum Gasteiger partial charge on any atom is -0.377 e. The molecule has 92 valence electrons. The number of alkyl halides is 1. The summed E-state index contributed by atoms with van der Waals surface area (Å²) in [5.74, 6) is 0. The first kappa shape index (κ1) is 12.0. The van der Waals surface area contributed by atoms with Gasteiger partial charge in [-0.15, -0.1) is 11.3 Å². The molecule has 0 radical (unpaired) electrons. The van der Waals surface area contributed by atoms with E-state index in [4.69, 9.17) is 0 Å². The van der Waals surface area contributed by atoms with E-state index >= 15 is 0 Å². The number of aryl methyl sites for hydroxylation is 1. The molecule has 0 saturated carbocycles. The summed E-state index contributed by atoms with van der Waals surface area (Å²) in [5.41, 5.74) is 1.74. The maximum atomic E-state index is 12.8. The van der Waals surface area contributed by atoms with Gasteiger partial charge in [0.2, 0.25) is 0 Å². The molecule has 2 heterocycles. The molecule has 0 saturated heterocycles. The van der Waals surface area contributed by atoms with Crippen LogP contribution in [0, 0.1) is 12.1 Å². The molecular weight excluding hydrogens is 244 g/mol. The maximum Gasteiger partial charge on any atom is 0.176 e. The van der Waals surface area contributed by atoms with E-state index in [1.54, 1.807) is 16.9 Å². The van der Waals surface area contributed by atoms with Crippen molar-refractivity contribution in [2.45, 2.75) is 20.0 Å². The summed E-state index contributed by atoms with van der Waals surface area (Å²) in [6, 6.07) is 3.19. The fourth-order valence-electron chi connectivity index (χ4n) is 1.55. The second-order valence-corrected chi connectivity index (χ2v) is 4.73. The molecule has 0 aliphatic rings. The number of nitrogens with zero attached hydrogens (tertiary/aromatic N) is 2. The Morgan fingerprint density at radius 3 is 2.94 bits per heavy atom. The van der Waals surface area contributed by atoms with Crippen LogP contribution in [0.4, 0.5) is 14.5 Å². The summed E-state index contributed by atoms with van der Waals surface area (Å²) in [6.07, 6.45) is 1.66. The number of thiophene rings is 1. The number of halogens is 2. The number of aromatic nitrogens is 2. The van der Waals surface area contributed by atoms with Gasteiger partial charge in [-0.05, 0) is 19.1 Å². The third-order valence-electron chi connectivity index (χ3n) is 2.48. The predicted octanol–water partition coefficient (Wildman–Crippen LogP) is 2.97. The van der Waals surface area contributed by atoms with Crippen LogP contribution in [0.2, 0.25) is 0 Å². The van der Waals surface area contributed by atoms with Crippen LogP contribution in [-0.2, 0) is 13.1 Å². The summed E-state index contributed by atoms with van der Waals surface area (Å²) in [7, 11) is 0. The lowest BCUT2D eigenvalue weighted by atomic mass is 10.3. The molecule has 2 aromatic heterocycles. The molecule has 17 heavy (non-hydrogen) atoms. The van der Waals surface area contributed by atoms with E-state index < -0.39 is 6.67 Å². The zero-order valence-electron chi connectivity index (χ0n) is 9.41. The Morgan fingerprint density at radius 1 is 1.47 bits per heavy atom. The highest BCUT2D eigenvalue weighted by Gasteiger charge is 2.06. The average molecular weight is 257 g/mol. The maximum absolute atomic E-state index is 12.8. The lowest BCUT2D eigenvalue weighted by molar-refractivity contribution is 0.423. The van der Waals surface area contributed by atoms with Gasteiger partial charge in [0.15, 0.2) is 5.13 Å². The summed E-state index contributed by atoms with van der Waals surface area (Å²) in [4.78, 5) is 0.917. The first-order valence-corrected chi connectivity index (χ1v) is 6.09. The second-order valence-electron chi connectivity index (χ2n) is 3.62. The molecule has 0 amide bonds. The number of anilines is 1. The predicted molar refractivity (Wildman–Crippen MR) is 64.5 cm³/mol. The van der Waals surface area contributed by atoms with Gasteiger partial charge in [-0.1, -0.05) is 0 Å². The van der Waals surface area contributed by atoms with E-state index in [0.29, 0.717) is 6.54 Å². The van der Waals surface area contributed by atoms with Gasteiger partial charge in [0.05, 0.1) is 24.1 Å². The van der Waals surface area contributed by atoms with Crippen LogP contribution in [-0.4, -0.2) is 16.5 Å². The van der Waals surface area contributed by atoms with Crippen molar-refractivity contribution in [3.05, 3.63) is 34.0 Å². The molecular formula is C11H13F2N3S. The molecule has 0 unspecified atom stereocenters. The average Bonchev–Trinajstić information content (AvgIpc) is 2.86. The van der Waals surface area contributed by atoms with Gasteiger partial charge >= 0.3 is 0 Å². The number of rotatable bonds is 5. The van der Waals surface area contributed by atoms with Gasteiger partial charge in [0, 0.05) is 11.4 Å². The van der Waals surface area contributed by atoms with Crippen LogP contribution < -0.4 is 5.32 Å². The van der Waals surface area contributed by atoms with E-state index in [0.717, 1.165) is 27.6 Å². The Labute approximate surface area is 102 Å². The highest BCUT2D eigenvalue weighted by molar-refractivity contribution is 7.10. The highest BCUT2D eigenvalue weighted by Crippen LogP contribution is 2.18. The molecule has 6 heteroatoms. The zero-order valence-corrected chi connectivity index (χ0v) is 10.2. The van der Waals surface area contributed by atoms with E-state index in [9.17, 15) is 8.78 Å². The van der Waals surface area contributed by atoms with Crippen LogP contribution in [0.25, 0.3) is 0 Å². The topological polar surface area (TPSA) is 29.9 Å². The fourth-order valence-corrected chi connectivity index (χ4v) is 2.22. The lowest BCUT2D eigenvalue weighted by Crippen LogP contribution is -2.05. The Balaban J connectivity index is 1.99. The van der Waals surface area contributed by atoms with Crippen LogP contribution in [0.5, 0.6) is 0 Å². The molecule has 0 aromatic carbocycles. The van der Waals surface area contributed by atoms with Crippen LogP contribution in [0.3, 0.4) is 0 Å². The van der Waals surface area contributed by atoms with Gasteiger partial charge in [-0.2, -0.15) is 9.49 Å². The smallest absolute Gasteiger partial charge is 0.176 e. The van der Waals surface area contributed by atoms with E-state index in [1.807, 2.05) is 6.92 Å². The van der Waals surface area contributed by atoms with E-state index in [1.165, 1.54) is 6.07 Å². The van der Waals surface area contributed by atoms with Gasteiger partial charge < -0.3 is 5.32 Å². The molecule has 3 nitrogen and oxygen atoms in total. The Bertz CT molecular complexity index is 493. The quantitative estimate of drug-likeness (QED) is 0.892. The molecule has 2 rings (SSSR count). The summed E-state index contributed by atoms with van der Waals surface area (Å²) in [6.45, 7) is 2.26. The molecule has 0 fully saturated rings. The van der Waals surface area contributed by atoms with Crippen molar-refractivity contribution in [3.63, 3.8) is 0 Å². The van der Waals surface area contributed by atoms with Crippen LogP contribution in [0.15, 0.2) is 18.3 Å². The molecule has 0 aliphatic carbocycles. The first-order chi connectivity index (χ1) is 8.20. The minimum atomic E-state index is -0.432. The van der Waals surface area contributed by atoms with Crippen molar-refractivity contribution >= 4 is 17.0 Å². The van der Waals surface area contributed by atoms with Gasteiger partial charge in [-0.25, -0.2) is 4.39 Å². The van der Waals surface area contributed by atoms with Gasteiger partial charge in [0.1, 0.15) is 6.67 Å². The van der Waals surface area contributed by atoms with Crippen molar-refractivity contribution < 1.29 is 8.78 Å². The van der Waals surface area contributed by atoms with E-state index in [2.05, 4.69) is 10.4 Å². The largest absolute Gasteiger partial charge is 0.377 e. The third-order valence-corrected chi connectivity index (χ3v) is 3.36. The Hall–Kier alpha value is -1.43. The van der Waals surface area contributed by atoms with Crippen molar-refractivity contribution in [2.75, 3.05) is 12.0 Å². The van der Waals surface area contributed by atoms with Crippen molar-refractivity contribution in [1.29, 1.82) is 0 Å². The number of nitrogens with one attached hydrogen (secondary N) is 1. The summed E-state index contributed by atoms with van der Waals surface area (Å²) in [5, 5.41) is 7.04. The summed E-state index contributed by atoms with van der Waals surface area (Å²) < 4.78 is 26.6. The second kappa shape index (κ2) is 5.27. The first-order valence-electron chi connectivity index (χ1n) is 5.27. The van der Waals surface area contributed by atoms with Crippen LogP contribution in [0.1, 0.15) is 10.6 Å². The molecule has 0 aliphatic heterocycles.